The lowest BCUT2D eigenvalue weighted by molar-refractivity contribution is -0.144. The number of anilines is 1. The van der Waals surface area contributed by atoms with Gasteiger partial charge in [0.1, 0.15) is 30.0 Å². The summed E-state index contributed by atoms with van der Waals surface area (Å²) in [5.74, 6) is 1.19. The second-order valence-corrected chi connectivity index (χ2v) is 11.4. The van der Waals surface area contributed by atoms with Crippen LogP contribution in [0.25, 0.3) is 17.0 Å². The highest BCUT2D eigenvalue weighted by molar-refractivity contribution is 6.33. The van der Waals surface area contributed by atoms with Crippen LogP contribution < -0.4 is 15.0 Å². The molecular weight excluding hydrogens is 561 g/mol. The Hall–Kier alpha value is -2.93. The summed E-state index contributed by atoms with van der Waals surface area (Å²) in [4.78, 5) is 13.0. The molecule has 224 valence electrons. The van der Waals surface area contributed by atoms with Gasteiger partial charge in [-0.25, -0.2) is 9.97 Å². The van der Waals surface area contributed by atoms with Gasteiger partial charge in [-0.2, -0.15) is 13.2 Å². The fourth-order valence-electron chi connectivity index (χ4n) is 5.64. The number of alkyl halides is 3. The number of allylic oxidation sites excluding steroid dienone is 2. The Balaban J connectivity index is 1.70. The van der Waals surface area contributed by atoms with Crippen LogP contribution in [0.4, 0.5) is 19.0 Å². The highest BCUT2D eigenvalue weighted by atomic mass is 35.5. The summed E-state index contributed by atoms with van der Waals surface area (Å²) < 4.78 is 44.7. The number of aliphatic hydroxyl groups is 2. The molecule has 1 atom stereocenters. The number of aromatic nitrogens is 2. The number of nitrogens with zero attached hydrogens (tertiary/aromatic N) is 4. The van der Waals surface area contributed by atoms with Crippen molar-refractivity contribution in [1.29, 1.82) is 5.41 Å². The predicted molar refractivity (Wildman–Crippen MR) is 153 cm³/mol. The molecule has 2 aliphatic heterocycles. The van der Waals surface area contributed by atoms with Crippen LogP contribution in [0.3, 0.4) is 0 Å². The van der Waals surface area contributed by atoms with E-state index >= 15 is 0 Å². The summed E-state index contributed by atoms with van der Waals surface area (Å²) in [7, 11) is 1.73. The normalized spacial score (nSPS) is 18.3. The number of hydrogen-bond acceptors (Lipinski definition) is 9. The summed E-state index contributed by atoms with van der Waals surface area (Å²) in [5.41, 5.74) is 1.59. The first-order valence-electron chi connectivity index (χ1n) is 13.4. The molecule has 0 aliphatic carbocycles. The zero-order valence-corrected chi connectivity index (χ0v) is 24.3. The maximum absolute atomic E-state index is 13.0. The number of likely N-dealkylation sites (tertiary alicyclic amines) is 1. The molecule has 13 heteroatoms. The van der Waals surface area contributed by atoms with Crippen molar-refractivity contribution in [1.82, 2.24) is 20.2 Å². The zero-order chi connectivity index (χ0) is 30.1. The number of likely N-dealkylation sites (N-methyl/N-ethyl adjacent to an activating group) is 1. The Morgan fingerprint density at radius 1 is 1.24 bits per heavy atom. The first-order valence-corrected chi connectivity index (χ1v) is 13.7. The summed E-state index contributed by atoms with van der Waals surface area (Å²) in [6.07, 6.45) is -4.29. The lowest BCUT2D eigenvalue weighted by Gasteiger charge is -2.49. The lowest BCUT2D eigenvalue weighted by atomic mass is 9.79. The molecule has 3 heterocycles. The number of ether oxygens (including phenoxy) is 1. The van der Waals surface area contributed by atoms with E-state index in [1.54, 1.807) is 39.1 Å². The maximum Gasteiger partial charge on any atom is 0.401 e. The smallest absolute Gasteiger partial charge is 0.401 e. The van der Waals surface area contributed by atoms with Gasteiger partial charge >= 0.3 is 6.18 Å². The SMILES string of the molecule is CNC[C@@H](O)COc1ccc(Cl)c(-c2nc(/C(C(C)=N)=C(\C)O)c(C)c(N3CC4(CCN(CC(F)(F)F)C4)C3)n2)c1. The molecule has 0 saturated carbocycles. The average Bonchev–Trinajstić information content (AvgIpc) is 3.26. The van der Waals surface area contributed by atoms with E-state index in [-0.39, 0.29) is 34.9 Å². The highest BCUT2D eigenvalue weighted by Crippen LogP contribution is 2.44. The molecule has 9 nitrogen and oxygen atoms in total. The van der Waals surface area contributed by atoms with Crippen LogP contribution in [0.5, 0.6) is 5.75 Å². The Kier molecular flexibility index (Phi) is 9.17. The molecule has 4 rings (SSSR count). The van der Waals surface area contributed by atoms with Crippen LogP contribution in [-0.2, 0) is 0 Å². The fourth-order valence-corrected chi connectivity index (χ4v) is 5.84. The Bertz CT molecular complexity index is 1330. The topological polar surface area (TPSA) is 118 Å². The molecule has 2 aliphatic rings. The van der Waals surface area contributed by atoms with E-state index in [1.807, 2.05) is 4.90 Å². The quantitative estimate of drug-likeness (QED) is 0.234. The molecule has 4 N–H and O–H groups in total. The van der Waals surface area contributed by atoms with Gasteiger partial charge in [0.15, 0.2) is 5.82 Å². The molecule has 0 bridgehead atoms. The van der Waals surface area contributed by atoms with Crippen molar-refractivity contribution in [3.05, 3.63) is 40.2 Å². The summed E-state index contributed by atoms with van der Waals surface area (Å²) in [6.45, 7) is 6.15. The molecular formula is C28H36ClF3N6O3. The highest BCUT2D eigenvalue weighted by Gasteiger charge is 2.50. The van der Waals surface area contributed by atoms with Crippen LogP contribution in [-0.4, -0.2) is 96.0 Å². The second-order valence-electron chi connectivity index (χ2n) is 11.0. The molecule has 0 amide bonds. The number of nitrogens with one attached hydrogen (secondary N) is 2. The van der Waals surface area contributed by atoms with E-state index in [1.165, 1.54) is 11.8 Å². The van der Waals surface area contributed by atoms with Gasteiger partial charge < -0.3 is 30.6 Å². The maximum atomic E-state index is 13.0. The van der Waals surface area contributed by atoms with Crippen molar-refractivity contribution < 1.29 is 28.1 Å². The van der Waals surface area contributed by atoms with Crippen LogP contribution in [0, 0.1) is 17.7 Å². The van der Waals surface area contributed by atoms with Gasteiger partial charge in [0, 0.05) is 48.4 Å². The zero-order valence-electron chi connectivity index (χ0n) is 23.6. The van der Waals surface area contributed by atoms with Crippen molar-refractivity contribution in [3.8, 4) is 17.1 Å². The van der Waals surface area contributed by atoms with Gasteiger partial charge in [-0.15, -0.1) is 0 Å². The van der Waals surface area contributed by atoms with Crippen molar-refractivity contribution in [2.45, 2.75) is 39.5 Å². The fraction of sp³-hybridized carbons (Fsp3) is 0.536. The summed E-state index contributed by atoms with van der Waals surface area (Å²) in [5, 5.41) is 32.0. The van der Waals surface area contributed by atoms with E-state index in [9.17, 15) is 23.4 Å². The van der Waals surface area contributed by atoms with Gasteiger partial charge in [0.05, 0.1) is 22.8 Å². The van der Waals surface area contributed by atoms with Crippen LogP contribution in [0.15, 0.2) is 24.0 Å². The molecule has 1 spiro atoms. The minimum atomic E-state index is -4.24. The van der Waals surface area contributed by atoms with Crippen molar-refractivity contribution in [3.63, 3.8) is 0 Å². The van der Waals surface area contributed by atoms with Gasteiger partial charge in [-0.3, -0.25) is 4.90 Å². The largest absolute Gasteiger partial charge is 0.512 e. The van der Waals surface area contributed by atoms with Crippen LogP contribution in [0.1, 0.15) is 31.5 Å². The standard InChI is InChI=1S/C28H36ClF3N6O3/c1-16-24(23(17(2)33)18(3)39)35-25(21-9-20(5-6-22(21)29)41-11-19(40)10-34-4)36-26(16)38-13-27(14-38)7-8-37(12-27)15-28(30,31)32/h5-6,9,19,33-34,39-40H,7-8,10-15H2,1-4H3/b23-18+,33-17?/t19-/m1/s1. The second kappa shape index (κ2) is 12.1. The first-order chi connectivity index (χ1) is 19.2. The van der Waals surface area contributed by atoms with Crippen molar-refractivity contribution in [2.75, 3.05) is 57.8 Å². The summed E-state index contributed by atoms with van der Waals surface area (Å²) in [6, 6.07) is 4.98. The van der Waals surface area contributed by atoms with Crippen LogP contribution in [0.2, 0.25) is 5.02 Å². The third-order valence-corrected chi connectivity index (χ3v) is 7.76. The Labute approximate surface area is 242 Å². The third kappa shape index (κ3) is 7.11. The molecule has 2 saturated heterocycles. The molecule has 1 aromatic heterocycles. The predicted octanol–water partition coefficient (Wildman–Crippen LogP) is 4.47. The monoisotopic (exact) mass is 596 g/mol. The van der Waals surface area contributed by atoms with Gasteiger partial charge in [-0.05, 0) is 59.0 Å². The first kappa shape index (κ1) is 31.0. The van der Waals surface area contributed by atoms with Gasteiger partial charge in [-0.1, -0.05) is 11.6 Å². The molecule has 0 unspecified atom stereocenters. The number of halogens is 4. The molecule has 0 radical (unpaired) electrons. The van der Waals surface area contributed by atoms with Crippen molar-refractivity contribution >= 4 is 28.7 Å². The van der Waals surface area contributed by atoms with E-state index in [2.05, 4.69) is 5.32 Å². The van der Waals surface area contributed by atoms with Crippen molar-refractivity contribution in [2.24, 2.45) is 5.41 Å². The average molecular weight is 597 g/mol. The van der Waals surface area contributed by atoms with E-state index in [0.29, 0.717) is 72.6 Å². The summed E-state index contributed by atoms with van der Waals surface area (Å²) >= 11 is 6.58. The number of benzene rings is 1. The Morgan fingerprint density at radius 3 is 2.56 bits per heavy atom. The minimum absolute atomic E-state index is 0.0535. The molecule has 2 aromatic rings. The molecule has 1 aromatic carbocycles. The molecule has 2 fully saturated rings. The number of aliphatic hydroxyl groups excluding tert-OH is 2. The van der Waals surface area contributed by atoms with E-state index < -0.39 is 18.8 Å². The van der Waals surface area contributed by atoms with Gasteiger partial charge in [0.2, 0.25) is 0 Å². The lowest BCUT2D eigenvalue weighted by Crippen LogP contribution is -2.58. The minimum Gasteiger partial charge on any atom is -0.512 e. The Morgan fingerprint density at radius 2 is 1.95 bits per heavy atom. The van der Waals surface area contributed by atoms with Gasteiger partial charge in [0.25, 0.3) is 0 Å². The molecule has 41 heavy (non-hydrogen) atoms. The van der Waals surface area contributed by atoms with E-state index in [4.69, 9.17) is 31.7 Å². The van der Waals surface area contributed by atoms with E-state index in [0.717, 1.165) is 0 Å². The number of hydrogen-bond donors (Lipinski definition) is 4. The third-order valence-electron chi connectivity index (χ3n) is 7.43. The number of rotatable bonds is 10. The van der Waals surface area contributed by atoms with Crippen LogP contribution >= 0.6 is 11.6 Å².